The number of ketones is 1. The maximum Gasteiger partial charge on any atom is 0.199 e. The van der Waals surface area contributed by atoms with Crippen molar-refractivity contribution >= 4 is 5.78 Å². The molecular formula is C16H14F2O3. The van der Waals surface area contributed by atoms with Gasteiger partial charge in [-0.15, -0.1) is 0 Å². The van der Waals surface area contributed by atoms with Crippen LogP contribution in [0.15, 0.2) is 30.3 Å². The largest absolute Gasteiger partial charge is 0.497 e. The van der Waals surface area contributed by atoms with Crippen molar-refractivity contribution in [3.63, 3.8) is 0 Å². The van der Waals surface area contributed by atoms with E-state index < -0.39 is 17.4 Å². The fourth-order valence-corrected chi connectivity index (χ4v) is 1.96. The van der Waals surface area contributed by atoms with E-state index in [-0.39, 0.29) is 22.4 Å². The molecule has 2 aromatic rings. The molecular weight excluding hydrogens is 278 g/mol. The average Bonchev–Trinajstić information content (AvgIpc) is 2.51. The zero-order valence-corrected chi connectivity index (χ0v) is 11.9. The standard InChI is InChI=1S/C16H14F2O3/c1-9-4-6-11(15(18)14(9)17)16(19)12-8-10(20-2)5-7-13(12)21-3/h4-8H,1-3H3. The number of methoxy groups -OCH3 is 2. The summed E-state index contributed by atoms with van der Waals surface area (Å²) in [5.74, 6) is -2.16. The molecule has 0 atom stereocenters. The average molecular weight is 292 g/mol. The highest BCUT2D eigenvalue weighted by Gasteiger charge is 2.21. The van der Waals surface area contributed by atoms with E-state index in [0.29, 0.717) is 5.75 Å². The fraction of sp³-hybridized carbons (Fsp3) is 0.188. The minimum absolute atomic E-state index is 0.110. The van der Waals surface area contributed by atoms with Crippen LogP contribution in [-0.2, 0) is 0 Å². The lowest BCUT2D eigenvalue weighted by molar-refractivity contribution is 0.103. The molecule has 0 fully saturated rings. The Balaban J connectivity index is 2.57. The number of carbonyl (C=O) groups excluding carboxylic acids is 1. The molecule has 0 aliphatic carbocycles. The van der Waals surface area contributed by atoms with Crippen LogP contribution in [0.5, 0.6) is 11.5 Å². The fourth-order valence-electron chi connectivity index (χ4n) is 1.96. The minimum Gasteiger partial charge on any atom is -0.497 e. The van der Waals surface area contributed by atoms with Crippen molar-refractivity contribution in [2.24, 2.45) is 0 Å². The first-order valence-electron chi connectivity index (χ1n) is 6.21. The minimum atomic E-state index is -1.16. The van der Waals surface area contributed by atoms with Gasteiger partial charge in [0, 0.05) is 0 Å². The van der Waals surface area contributed by atoms with Gasteiger partial charge < -0.3 is 9.47 Å². The first-order chi connectivity index (χ1) is 9.99. The Kier molecular flexibility index (Phi) is 4.21. The molecule has 0 spiro atoms. The van der Waals surface area contributed by atoms with Crippen LogP contribution in [0.2, 0.25) is 0 Å². The Morgan fingerprint density at radius 1 is 0.952 bits per heavy atom. The molecule has 2 rings (SSSR count). The summed E-state index contributed by atoms with van der Waals surface area (Å²) in [7, 11) is 2.84. The molecule has 0 radical (unpaired) electrons. The van der Waals surface area contributed by atoms with Gasteiger partial charge in [0.25, 0.3) is 0 Å². The molecule has 0 heterocycles. The van der Waals surface area contributed by atoms with E-state index >= 15 is 0 Å². The van der Waals surface area contributed by atoms with Crippen molar-refractivity contribution in [2.45, 2.75) is 6.92 Å². The molecule has 5 heteroatoms. The van der Waals surface area contributed by atoms with E-state index in [1.54, 1.807) is 6.07 Å². The molecule has 0 unspecified atom stereocenters. The summed E-state index contributed by atoms with van der Waals surface area (Å²) in [6, 6.07) is 7.20. The van der Waals surface area contributed by atoms with Crippen molar-refractivity contribution in [3.8, 4) is 11.5 Å². The normalized spacial score (nSPS) is 10.3. The second-order valence-corrected chi connectivity index (χ2v) is 4.45. The third kappa shape index (κ3) is 2.72. The van der Waals surface area contributed by atoms with Gasteiger partial charge in [0.1, 0.15) is 11.5 Å². The van der Waals surface area contributed by atoms with Gasteiger partial charge in [0.15, 0.2) is 17.4 Å². The van der Waals surface area contributed by atoms with Crippen LogP contribution in [0.3, 0.4) is 0 Å². The van der Waals surface area contributed by atoms with Gasteiger partial charge in [-0.25, -0.2) is 8.78 Å². The van der Waals surface area contributed by atoms with Crippen molar-refractivity contribution in [1.29, 1.82) is 0 Å². The summed E-state index contributed by atoms with van der Waals surface area (Å²) in [6.07, 6.45) is 0. The van der Waals surface area contributed by atoms with Crippen LogP contribution in [-0.4, -0.2) is 20.0 Å². The molecule has 110 valence electrons. The predicted molar refractivity (Wildman–Crippen MR) is 74.1 cm³/mol. The first kappa shape index (κ1) is 15.0. The van der Waals surface area contributed by atoms with Crippen LogP contribution >= 0.6 is 0 Å². The van der Waals surface area contributed by atoms with Gasteiger partial charge in [0.2, 0.25) is 0 Å². The van der Waals surface area contributed by atoms with Gasteiger partial charge in [-0.1, -0.05) is 6.07 Å². The molecule has 0 bridgehead atoms. The Labute approximate surface area is 121 Å². The molecule has 0 saturated carbocycles. The predicted octanol–water partition coefficient (Wildman–Crippen LogP) is 3.52. The van der Waals surface area contributed by atoms with Gasteiger partial charge in [-0.3, -0.25) is 4.79 Å². The Morgan fingerprint density at radius 2 is 1.67 bits per heavy atom. The van der Waals surface area contributed by atoms with Crippen molar-refractivity contribution in [3.05, 3.63) is 58.7 Å². The maximum atomic E-state index is 13.9. The van der Waals surface area contributed by atoms with Crippen molar-refractivity contribution in [1.82, 2.24) is 0 Å². The van der Waals surface area contributed by atoms with Crippen molar-refractivity contribution < 1.29 is 23.0 Å². The van der Waals surface area contributed by atoms with Crippen LogP contribution < -0.4 is 9.47 Å². The van der Waals surface area contributed by atoms with Crippen LogP contribution in [0, 0.1) is 18.6 Å². The third-order valence-electron chi connectivity index (χ3n) is 3.17. The lowest BCUT2D eigenvalue weighted by atomic mass is 10.00. The van der Waals surface area contributed by atoms with Crippen LogP contribution in [0.4, 0.5) is 8.78 Å². The second kappa shape index (κ2) is 5.91. The number of ether oxygens (including phenoxy) is 2. The van der Waals surface area contributed by atoms with E-state index in [1.807, 2.05) is 0 Å². The van der Waals surface area contributed by atoms with Gasteiger partial charge >= 0.3 is 0 Å². The first-order valence-corrected chi connectivity index (χ1v) is 6.21. The monoisotopic (exact) mass is 292 g/mol. The zero-order valence-electron chi connectivity index (χ0n) is 11.9. The summed E-state index contributed by atoms with van der Waals surface area (Å²) in [4.78, 5) is 12.4. The number of hydrogen-bond donors (Lipinski definition) is 0. The zero-order chi connectivity index (χ0) is 15.6. The summed E-state index contributed by atoms with van der Waals surface area (Å²) in [6.45, 7) is 1.43. The molecule has 21 heavy (non-hydrogen) atoms. The molecule has 0 aliphatic rings. The second-order valence-electron chi connectivity index (χ2n) is 4.45. The molecule has 0 aromatic heterocycles. The highest BCUT2D eigenvalue weighted by atomic mass is 19.2. The van der Waals surface area contributed by atoms with E-state index in [9.17, 15) is 13.6 Å². The third-order valence-corrected chi connectivity index (χ3v) is 3.17. The maximum absolute atomic E-state index is 13.9. The molecule has 2 aromatic carbocycles. The highest BCUT2D eigenvalue weighted by molar-refractivity contribution is 6.11. The topological polar surface area (TPSA) is 35.5 Å². The summed E-state index contributed by atoms with van der Waals surface area (Å²) >= 11 is 0. The van der Waals surface area contributed by atoms with E-state index in [0.717, 1.165) is 0 Å². The lowest BCUT2D eigenvalue weighted by Crippen LogP contribution is -2.08. The van der Waals surface area contributed by atoms with Gasteiger partial charge in [-0.2, -0.15) is 0 Å². The number of halogens is 2. The molecule has 0 saturated heterocycles. The molecule has 0 amide bonds. The molecule has 3 nitrogen and oxygen atoms in total. The van der Waals surface area contributed by atoms with Crippen LogP contribution in [0.1, 0.15) is 21.5 Å². The lowest BCUT2D eigenvalue weighted by Gasteiger charge is -2.11. The molecule has 0 N–H and O–H groups in total. The van der Waals surface area contributed by atoms with Crippen molar-refractivity contribution in [2.75, 3.05) is 14.2 Å². The van der Waals surface area contributed by atoms with Gasteiger partial charge in [0.05, 0.1) is 25.3 Å². The quantitative estimate of drug-likeness (QED) is 0.809. The Hall–Kier alpha value is -2.43. The van der Waals surface area contributed by atoms with Gasteiger partial charge in [-0.05, 0) is 36.8 Å². The Morgan fingerprint density at radius 3 is 2.29 bits per heavy atom. The summed E-state index contributed by atoms with van der Waals surface area (Å²) in [5.41, 5.74) is -0.0923. The van der Waals surface area contributed by atoms with Crippen LogP contribution in [0.25, 0.3) is 0 Å². The summed E-state index contributed by atoms with van der Waals surface area (Å²) < 4.78 is 37.7. The number of aryl methyl sites for hydroxylation is 1. The number of carbonyl (C=O) groups is 1. The van der Waals surface area contributed by atoms with E-state index in [2.05, 4.69) is 0 Å². The Bertz CT molecular complexity index is 696. The SMILES string of the molecule is COc1ccc(OC)c(C(=O)c2ccc(C)c(F)c2F)c1. The number of rotatable bonds is 4. The number of hydrogen-bond acceptors (Lipinski definition) is 3. The highest BCUT2D eigenvalue weighted by Crippen LogP contribution is 2.28. The van der Waals surface area contributed by atoms with E-state index in [4.69, 9.17) is 9.47 Å². The molecule has 0 aliphatic heterocycles. The van der Waals surface area contributed by atoms with E-state index in [1.165, 1.54) is 45.4 Å². The smallest absolute Gasteiger partial charge is 0.199 e. The summed E-state index contributed by atoms with van der Waals surface area (Å²) in [5, 5.41) is 0. The number of benzene rings is 2.